The number of hydrogen-bond donors (Lipinski definition) is 3. The van der Waals surface area contributed by atoms with Crippen LogP contribution < -0.4 is 16.0 Å². The zero-order valence-corrected chi connectivity index (χ0v) is 21.7. The van der Waals surface area contributed by atoms with Crippen LogP contribution in [-0.2, 0) is 0 Å². The number of anilines is 2. The zero-order chi connectivity index (χ0) is 25.4. The van der Waals surface area contributed by atoms with Crippen LogP contribution in [0, 0.1) is 16.7 Å². The third-order valence-electron chi connectivity index (χ3n) is 7.38. The van der Waals surface area contributed by atoms with Crippen LogP contribution in [0.15, 0.2) is 30.3 Å². The highest BCUT2D eigenvalue weighted by Gasteiger charge is 2.44. The van der Waals surface area contributed by atoms with Crippen molar-refractivity contribution >= 4 is 11.5 Å². The largest absolute Gasteiger partial charge is 0.507 e. The molecule has 3 atom stereocenters. The molecular weight excluding hydrogens is 438 g/mol. The fraction of sp³-hybridized carbons (Fsp3) is 0.593. The summed E-state index contributed by atoms with van der Waals surface area (Å²) >= 11 is 0. The number of fused-ring (bicyclic) bond motifs is 2. The van der Waals surface area contributed by atoms with Crippen LogP contribution >= 0.6 is 0 Å². The minimum atomic E-state index is -0.319. The summed E-state index contributed by atoms with van der Waals surface area (Å²) in [4.78, 5) is 4.88. The van der Waals surface area contributed by atoms with Crippen molar-refractivity contribution < 1.29 is 5.11 Å². The number of nitrogens with zero attached hydrogens (tertiary/aromatic N) is 5. The summed E-state index contributed by atoms with van der Waals surface area (Å²) in [5, 5.41) is 32.1. The molecule has 35 heavy (non-hydrogen) atoms. The van der Waals surface area contributed by atoms with E-state index < -0.39 is 0 Å². The van der Waals surface area contributed by atoms with Crippen molar-refractivity contribution in [1.82, 2.24) is 20.4 Å². The summed E-state index contributed by atoms with van der Waals surface area (Å²) in [5.41, 5.74) is 8.07. The molecule has 2 aromatic rings. The van der Waals surface area contributed by atoms with Gasteiger partial charge in [-0.15, -0.1) is 10.2 Å². The first kappa shape index (κ1) is 26.7. The summed E-state index contributed by atoms with van der Waals surface area (Å²) < 4.78 is 0. The van der Waals surface area contributed by atoms with Crippen molar-refractivity contribution in [2.75, 3.05) is 43.4 Å². The highest BCUT2D eigenvalue weighted by atomic mass is 16.3. The standard InChI is InChI=1S/C25H35N7O.C2H6/c1-3-25(16-26,11-12-28-4-2)17-32-18-9-10-19(32)15-31(14-18)22-13-21(29-30-24(22)27)20-7-5-6-8-23(20)33;1-2/h5-8,13,18-19,28,33H,3-4,9-12,14-15,17H2,1-2H3,(H2,27,30);1-2H3. The van der Waals surface area contributed by atoms with Gasteiger partial charge in [-0.3, -0.25) is 4.90 Å². The van der Waals surface area contributed by atoms with Crippen LogP contribution in [0.5, 0.6) is 5.75 Å². The molecule has 3 unspecified atom stereocenters. The van der Waals surface area contributed by atoms with E-state index in [0.717, 1.165) is 64.1 Å². The number of nitrogens with one attached hydrogen (secondary N) is 1. The van der Waals surface area contributed by atoms with E-state index in [1.807, 2.05) is 32.0 Å². The van der Waals surface area contributed by atoms with Gasteiger partial charge in [0.2, 0.25) is 0 Å². The molecule has 4 rings (SSSR count). The van der Waals surface area contributed by atoms with Crippen molar-refractivity contribution in [1.29, 1.82) is 5.26 Å². The van der Waals surface area contributed by atoms with E-state index in [2.05, 4.69) is 45.2 Å². The monoisotopic (exact) mass is 479 g/mol. The number of nitrogen functional groups attached to an aromatic ring is 1. The van der Waals surface area contributed by atoms with E-state index in [0.29, 0.717) is 29.2 Å². The van der Waals surface area contributed by atoms with Gasteiger partial charge in [0, 0.05) is 37.3 Å². The molecule has 2 aliphatic heterocycles. The van der Waals surface area contributed by atoms with Gasteiger partial charge >= 0.3 is 0 Å². The predicted molar refractivity (Wildman–Crippen MR) is 142 cm³/mol. The number of nitrogens with two attached hydrogens (primary N) is 1. The average Bonchev–Trinajstić information content (AvgIpc) is 3.11. The fourth-order valence-corrected chi connectivity index (χ4v) is 5.30. The highest BCUT2D eigenvalue weighted by molar-refractivity contribution is 5.74. The number of nitriles is 1. The lowest BCUT2D eigenvalue weighted by atomic mass is 9.82. The minimum absolute atomic E-state index is 0.178. The van der Waals surface area contributed by atoms with Gasteiger partial charge in [-0.1, -0.05) is 39.8 Å². The topological polar surface area (TPSA) is 114 Å². The lowest BCUT2D eigenvalue weighted by molar-refractivity contribution is 0.111. The van der Waals surface area contributed by atoms with E-state index in [1.54, 1.807) is 12.1 Å². The van der Waals surface area contributed by atoms with Gasteiger partial charge < -0.3 is 21.1 Å². The molecule has 8 nitrogen and oxygen atoms in total. The maximum atomic E-state index is 10.2. The Hall–Kier alpha value is -2.89. The van der Waals surface area contributed by atoms with Gasteiger partial charge in [0.25, 0.3) is 0 Å². The highest BCUT2D eigenvalue weighted by Crippen LogP contribution is 2.39. The van der Waals surface area contributed by atoms with Gasteiger partial charge in [0.15, 0.2) is 5.82 Å². The van der Waals surface area contributed by atoms with Crippen LogP contribution in [0.25, 0.3) is 11.3 Å². The molecule has 2 fully saturated rings. The second kappa shape index (κ2) is 12.2. The third-order valence-corrected chi connectivity index (χ3v) is 7.38. The van der Waals surface area contributed by atoms with Crippen molar-refractivity contribution in [3.63, 3.8) is 0 Å². The van der Waals surface area contributed by atoms with Crippen LogP contribution in [-0.4, -0.2) is 65.0 Å². The summed E-state index contributed by atoms with van der Waals surface area (Å²) in [6.45, 7) is 12.6. The molecule has 2 saturated heterocycles. The van der Waals surface area contributed by atoms with Crippen LogP contribution in [0.4, 0.5) is 11.5 Å². The summed E-state index contributed by atoms with van der Waals surface area (Å²) in [6.07, 6.45) is 3.99. The maximum Gasteiger partial charge on any atom is 0.169 e. The second-order valence-corrected chi connectivity index (χ2v) is 9.33. The van der Waals surface area contributed by atoms with Gasteiger partial charge in [-0.2, -0.15) is 5.26 Å². The molecule has 2 aliphatic rings. The number of phenolic OH excluding ortho intramolecular Hbond substituents is 1. The third kappa shape index (κ3) is 5.85. The van der Waals surface area contributed by atoms with Crippen LogP contribution in [0.1, 0.15) is 53.4 Å². The molecule has 0 radical (unpaired) electrons. The van der Waals surface area contributed by atoms with E-state index in [9.17, 15) is 10.4 Å². The number of phenols is 1. The first-order valence-electron chi connectivity index (χ1n) is 13.0. The molecule has 2 bridgehead atoms. The Bertz CT molecular complexity index is 993. The Morgan fingerprint density at radius 2 is 1.86 bits per heavy atom. The zero-order valence-electron chi connectivity index (χ0n) is 21.7. The Balaban J connectivity index is 0.00000167. The molecule has 0 spiro atoms. The normalized spacial score (nSPS) is 21.1. The summed E-state index contributed by atoms with van der Waals surface area (Å²) in [7, 11) is 0. The number of hydrogen-bond acceptors (Lipinski definition) is 8. The van der Waals surface area contributed by atoms with E-state index in [1.165, 1.54) is 0 Å². The van der Waals surface area contributed by atoms with Gasteiger partial charge in [0.1, 0.15) is 5.75 Å². The average molecular weight is 480 g/mol. The molecule has 8 heteroatoms. The Morgan fingerprint density at radius 3 is 2.46 bits per heavy atom. The molecule has 0 aliphatic carbocycles. The van der Waals surface area contributed by atoms with Gasteiger partial charge in [-0.25, -0.2) is 0 Å². The quantitative estimate of drug-likeness (QED) is 0.462. The summed E-state index contributed by atoms with van der Waals surface area (Å²) in [6, 6.07) is 12.5. The lowest BCUT2D eigenvalue weighted by Gasteiger charge is -2.45. The Labute approximate surface area is 210 Å². The first-order valence-corrected chi connectivity index (χ1v) is 13.0. The Kier molecular flexibility index (Phi) is 9.30. The van der Waals surface area contributed by atoms with Crippen molar-refractivity contribution in [3.05, 3.63) is 30.3 Å². The Morgan fingerprint density at radius 1 is 1.17 bits per heavy atom. The smallest absolute Gasteiger partial charge is 0.169 e. The molecule has 4 N–H and O–H groups in total. The van der Waals surface area contributed by atoms with Crippen LogP contribution in [0.3, 0.4) is 0 Å². The number of aromatic nitrogens is 2. The number of rotatable bonds is 9. The van der Waals surface area contributed by atoms with Gasteiger partial charge in [0.05, 0.1) is 22.9 Å². The van der Waals surface area contributed by atoms with E-state index in [4.69, 9.17) is 5.73 Å². The van der Waals surface area contributed by atoms with Crippen molar-refractivity contribution in [3.8, 4) is 23.1 Å². The lowest BCUT2D eigenvalue weighted by Crippen LogP contribution is -2.56. The van der Waals surface area contributed by atoms with Gasteiger partial charge in [-0.05, 0) is 57.0 Å². The molecule has 3 heterocycles. The van der Waals surface area contributed by atoms with E-state index in [-0.39, 0.29) is 11.2 Å². The SMILES string of the molecule is CC.CCNCCC(C#N)(CC)CN1C2CCC1CN(c1cc(-c3ccccc3O)nnc1N)C2. The minimum Gasteiger partial charge on any atom is -0.507 e. The summed E-state index contributed by atoms with van der Waals surface area (Å²) in [5.74, 6) is 0.588. The van der Waals surface area contributed by atoms with Crippen LogP contribution in [0.2, 0.25) is 0 Å². The number of benzene rings is 1. The van der Waals surface area contributed by atoms with E-state index >= 15 is 0 Å². The number of piperazine rings is 1. The molecule has 1 aromatic heterocycles. The molecule has 0 amide bonds. The number of para-hydroxylation sites is 1. The molecular formula is C27H41N7O. The fourth-order valence-electron chi connectivity index (χ4n) is 5.30. The molecule has 1 aromatic carbocycles. The number of aromatic hydroxyl groups is 1. The van der Waals surface area contributed by atoms with Crippen molar-refractivity contribution in [2.45, 2.75) is 65.5 Å². The van der Waals surface area contributed by atoms with Crippen molar-refractivity contribution in [2.24, 2.45) is 5.41 Å². The first-order chi connectivity index (χ1) is 17.0. The molecule has 0 saturated carbocycles. The molecule has 190 valence electrons. The second-order valence-electron chi connectivity index (χ2n) is 9.33. The predicted octanol–water partition coefficient (Wildman–Crippen LogP) is 4.03. The maximum absolute atomic E-state index is 10.2.